The van der Waals surface area contributed by atoms with Gasteiger partial charge in [0.25, 0.3) is 5.91 Å². The van der Waals surface area contributed by atoms with Crippen LogP contribution in [0.3, 0.4) is 0 Å². The standard InChI is InChI=1S/C23H25N3O2S/c1-16-8-5-6-11-18(16)25-23-26-20(15-29-23)22(27)24-19-12-7-13-21(19)28-14-17-9-3-2-4-10-17/h2-6,8-11,15,19,21H,7,12-14H2,1H3,(H,24,27)(H,25,26)/t19-,21?/m0/s1. The van der Waals surface area contributed by atoms with Crippen LogP contribution in [0.4, 0.5) is 10.8 Å². The number of hydrogen-bond donors (Lipinski definition) is 2. The number of carbonyl (C=O) groups excluding carboxylic acids is 1. The van der Waals surface area contributed by atoms with Gasteiger partial charge in [0.05, 0.1) is 18.8 Å². The number of thiazole rings is 1. The summed E-state index contributed by atoms with van der Waals surface area (Å²) in [5.41, 5.74) is 3.73. The molecule has 29 heavy (non-hydrogen) atoms. The van der Waals surface area contributed by atoms with E-state index in [0.717, 1.165) is 36.1 Å². The Hall–Kier alpha value is -2.70. The minimum atomic E-state index is -0.140. The van der Waals surface area contributed by atoms with E-state index >= 15 is 0 Å². The molecule has 0 aliphatic heterocycles. The van der Waals surface area contributed by atoms with Gasteiger partial charge in [-0.2, -0.15) is 0 Å². The predicted molar refractivity (Wildman–Crippen MR) is 117 cm³/mol. The van der Waals surface area contributed by atoms with Crippen molar-refractivity contribution in [1.29, 1.82) is 0 Å². The molecule has 1 aliphatic carbocycles. The molecule has 3 aromatic rings. The molecule has 4 rings (SSSR count). The molecule has 1 amide bonds. The number of benzene rings is 2. The quantitative estimate of drug-likeness (QED) is 0.574. The SMILES string of the molecule is Cc1ccccc1Nc1nc(C(=O)N[C@H]2CCCC2OCc2ccccc2)cs1. The maximum atomic E-state index is 12.7. The molecular formula is C23H25N3O2S. The van der Waals surface area contributed by atoms with Crippen LogP contribution in [0.5, 0.6) is 0 Å². The number of hydrogen-bond acceptors (Lipinski definition) is 5. The highest BCUT2D eigenvalue weighted by molar-refractivity contribution is 7.14. The number of para-hydroxylation sites is 1. The Morgan fingerprint density at radius 3 is 2.76 bits per heavy atom. The van der Waals surface area contributed by atoms with Gasteiger partial charge in [0.15, 0.2) is 5.13 Å². The number of nitrogens with one attached hydrogen (secondary N) is 2. The lowest BCUT2D eigenvalue weighted by Gasteiger charge is -2.21. The van der Waals surface area contributed by atoms with Gasteiger partial charge in [0.1, 0.15) is 5.69 Å². The van der Waals surface area contributed by atoms with Crippen LogP contribution in [0.2, 0.25) is 0 Å². The van der Waals surface area contributed by atoms with Crippen molar-refractivity contribution < 1.29 is 9.53 Å². The lowest BCUT2D eigenvalue weighted by Crippen LogP contribution is -2.41. The van der Waals surface area contributed by atoms with E-state index in [4.69, 9.17) is 4.74 Å². The summed E-state index contributed by atoms with van der Waals surface area (Å²) in [5.74, 6) is -0.140. The van der Waals surface area contributed by atoms with E-state index in [1.54, 1.807) is 5.38 Å². The Kier molecular flexibility index (Phi) is 6.22. The van der Waals surface area contributed by atoms with Crippen molar-refractivity contribution in [3.8, 4) is 0 Å². The van der Waals surface area contributed by atoms with Gasteiger partial charge in [-0.3, -0.25) is 4.79 Å². The predicted octanol–water partition coefficient (Wildman–Crippen LogP) is 5.06. The first kappa shape index (κ1) is 19.6. The second kappa shape index (κ2) is 9.20. The van der Waals surface area contributed by atoms with Crippen molar-refractivity contribution in [2.45, 2.75) is 44.9 Å². The Morgan fingerprint density at radius 2 is 1.93 bits per heavy atom. The fourth-order valence-corrected chi connectivity index (χ4v) is 4.28. The molecule has 150 valence electrons. The number of rotatable bonds is 7. The summed E-state index contributed by atoms with van der Waals surface area (Å²) in [6, 6.07) is 18.2. The van der Waals surface area contributed by atoms with Crippen LogP contribution in [0, 0.1) is 6.92 Å². The summed E-state index contributed by atoms with van der Waals surface area (Å²) in [7, 11) is 0. The molecule has 1 unspecified atom stereocenters. The van der Waals surface area contributed by atoms with Gasteiger partial charge < -0.3 is 15.4 Å². The smallest absolute Gasteiger partial charge is 0.271 e. The molecular weight excluding hydrogens is 382 g/mol. The maximum Gasteiger partial charge on any atom is 0.271 e. The van der Waals surface area contributed by atoms with E-state index in [9.17, 15) is 4.79 Å². The Labute approximate surface area is 175 Å². The molecule has 2 aromatic carbocycles. The first-order valence-electron chi connectivity index (χ1n) is 9.93. The van der Waals surface area contributed by atoms with Gasteiger partial charge in [-0.15, -0.1) is 11.3 Å². The van der Waals surface area contributed by atoms with E-state index in [1.807, 2.05) is 49.4 Å². The number of aryl methyl sites for hydroxylation is 1. The van der Waals surface area contributed by atoms with Crippen molar-refractivity contribution in [3.05, 3.63) is 76.8 Å². The van der Waals surface area contributed by atoms with E-state index in [1.165, 1.54) is 11.3 Å². The minimum Gasteiger partial charge on any atom is -0.371 e. The van der Waals surface area contributed by atoms with Gasteiger partial charge in [-0.1, -0.05) is 48.5 Å². The molecule has 1 aliphatic rings. The van der Waals surface area contributed by atoms with Crippen LogP contribution in [-0.4, -0.2) is 23.0 Å². The zero-order chi connectivity index (χ0) is 20.1. The highest BCUT2D eigenvalue weighted by Gasteiger charge is 2.30. The average molecular weight is 408 g/mol. The third-order valence-electron chi connectivity index (χ3n) is 5.20. The summed E-state index contributed by atoms with van der Waals surface area (Å²) in [4.78, 5) is 17.2. The maximum absolute atomic E-state index is 12.7. The fraction of sp³-hybridized carbons (Fsp3) is 0.304. The Bertz CT molecular complexity index is 958. The Morgan fingerprint density at radius 1 is 1.14 bits per heavy atom. The van der Waals surface area contributed by atoms with Crippen LogP contribution in [0.15, 0.2) is 60.0 Å². The largest absolute Gasteiger partial charge is 0.371 e. The van der Waals surface area contributed by atoms with Crippen LogP contribution in [-0.2, 0) is 11.3 Å². The van der Waals surface area contributed by atoms with E-state index < -0.39 is 0 Å². The van der Waals surface area contributed by atoms with Gasteiger partial charge >= 0.3 is 0 Å². The minimum absolute atomic E-state index is 0.0284. The van der Waals surface area contributed by atoms with Crippen LogP contribution in [0.25, 0.3) is 0 Å². The van der Waals surface area contributed by atoms with Gasteiger partial charge in [0.2, 0.25) is 0 Å². The number of nitrogens with zero attached hydrogens (tertiary/aromatic N) is 1. The molecule has 1 heterocycles. The highest BCUT2D eigenvalue weighted by Crippen LogP contribution is 2.26. The third-order valence-corrected chi connectivity index (χ3v) is 5.96. The molecule has 2 N–H and O–H groups in total. The lowest BCUT2D eigenvalue weighted by molar-refractivity contribution is 0.0271. The average Bonchev–Trinajstić information content (AvgIpc) is 3.38. The zero-order valence-electron chi connectivity index (χ0n) is 16.4. The number of amides is 1. The van der Waals surface area contributed by atoms with Crippen molar-refractivity contribution in [2.75, 3.05) is 5.32 Å². The molecule has 6 heteroatoms. The number of aromatic nitrogens is 1. The van der Waals surface area contributed by atoms with Crippen molar-refractivity contribution in [2.24, 2.45) is 0 Å². The molecule has 1 fully saturated rings. The first-order chi connectivity index (χ1) is 14.2. The molecule has 0 bridgehead atoms. The zero-order valence-corrected chi connectivity index (χ0v) is 17.2. The topological polar surface area (TPSA) is 63.2 Å². The summed E-state index contributed by atoms with van der Waals surface area (Å²) in [6.45, 7) is 2.61. The van der Waals surface area contributed by atoms with Gasteiger partial charge in [-0.05, 0) is 43.4 Å². The summed E-state index contributed by atoms with van der Waals surface area (Å²) < 4.78 is 6.09. The monoisotopic (exact) mass is 407 g/mol. The molecule has 2 atom stereocenters. The van der Waals surface area contributed by atoms with Crippen molar-refractivity contribution in [1.82, 2.24) is 10.3 Å². The summed E-state index contributed by atoms with van der Waals surface area (Å²) >= 11 is 1.43. The number of carbonyl (C=O) groups is 1. The third kappa shape index (κ3) is 5.02. The first-order valence-corrected chi connectivity index (χ1v) is 10.8. The van der Waals surface area contributed by atoms with Gasteiger partial charge in [-0.25, -0.2) is 4.98 Å². The summed E-state index contributed by atoms with van der Waals surface area (Å²) in [5, 5.41) is 8.93. The Balaban J connectivity index is 1.34. The lowest BCUT2D eigenvalue weighted by atomic mass is 10.2. The van der Waals surface area contributed by atoms with Crippen molar-refractivity contribution in [3.63, 3.8) is 0 Å². The molecule has 1 aromatic heterocycles. The molecule has 5 nitrogen and oxygen atoms in total. The normalized spacial score (nSPS) is 18.5. The van der Waals surface area contributed by atoms with Gasteiger partial charge in [0, 0.05) is 11.1 Å². The molecule has 1 saturated carbocycles. The molecule has 0 spiro atoms. The second-order valence-electron chi connectivity index (χ2n) is 7.32. The number of anilines is 2. The fourth-order valence-electron chi connectivity index (χ4n) is 3.57. The summed E-state index contributed by atoms with van der Waals surface area (Å²) in [6.07, 6.45) is 3.00. The molecule has 0 radical (unpaired) electrons. The van der Waals surface area contributed by atoms with Crippen LogP contribution >= 0.6 is 11.3 Å². The number of ether oxygens (including phenoxy) is 1. The van der Waals surface area contributed by atoms with E-state index in [0.29, 0.717) is 17.4 Å². The van der Waals surface area contributed by atoms with Crippen LogP contribution in [0.1, 0.15) is 40.9 Å². The van der Waals surface area contributed by atoms with Crippen LogP contribution < -0.4 is 10.6 Å². The highest BCUT2D eigenvalue weighted by atomic mass is 32.1. The molecule has 0 saturated heterocycles. The second-order valence-corrected chi connectivity index (χ2v) is 8.18. The van der Waals surface area contributed by atoms with Crippen molar-refractivity contribution >= 4 is 28.1 Å². The van der Waals surface area contributed by atoms with E-state index in [2.05, 4.69) is 27.8 Å². The van der Waals surface area contributed by atoms with E-state index in [-0.39, 0.29) is 18.1 Å².